The summed E-state index contributed by atoms with van der Waals surface area (Å²) in [5, 5.41) is 3.32. The number of fused-ring (bicyclic) bond motifs is 1. The van der Waals surface area contributed by atoms with Crippen LogP contribution in [0.5, 0.6) is 11.5 Å². The summed E-state index contributed by atoms with van der Waals surface area (Å²) in [6.07, 6.45) is 3.93. The molecule has 0 amide bonds. The highest BCUT2D eigenvalue weighted by molar-refractivity contribution is 5.75. The topological polar surface area (TPSA) is 116 Å². The van der Waals surface area contributed by atoms with Gasteiger partial charge in [-0.1, -0.05) is 19.9 Å². The van der Waals surface area contributed by atoms with Crippen LogP contribution in [-0.2, 0) is 19.5 Å². The minimum absolute atomic E-state index is 0.318. The number of benzene rings is 1. The van der Waals surface area contributed by atoms with E-state index in [1.54, 1.807) is 25.0 Å². The highest BCUT2D eigenvalue weighted by Gasteiger charge is 2.17. The van der Waals surface area contributed by atoms with Gasteiger partial charge in [0.05, 0.1) is 14.2 Å². The molecule has 0 atom stereocenters. The fourth-order valence-electron chi connectivity index (χ4n) is 4.16. The monoisotopic (exact) mass is 492 g/mol. The van der Waals surface area contributed by atoms with Crippen molar-refractivity contribution in [2.24, 2.45) is 0 Å². The van der Waals surface area contributed by atoms with Gasteiger partial charge in [0.2, 0.25) is 0 Å². The number of rotatable bonds is 11. The van der Waals surface area contributed by atoms with E-state index >= 15 is 0 Å². The average molecular weight is 493 g/mol. The van der Waals surface area contributed by atoms with Gasteiger partial charge in [0.25, 0.3) is 5.56 Å². The molecule has 3 heterocycles. The van der Waals surface area contributed by atoms with Gasteiger partial charge < -0.3 is 19.8 Å². The van der Waals surface area contributed by atoms with Crippen molar-refractivity contribution in [1.29, 1.82) is 0 Å². The predicted molar refractivity (Wildman–Crippen MR) is 140 cm³/mol. The lowest BCUT2D eigenvalue weighted by atomic mass is 10.1. The molecular formula is C26H32N6O4. The van der Waals surface area contributed by atoms with Crippen molar-refractivity contribution in [1.82, 2.24) is 24.1 Å². The smallest absolute Gasteiger partial charge is 0.332 e. The highest BCUT2D eigenvalue weighted by Crippen LogP contribution is 2.27. The van der Waals surface area contributed by atoms with E-state index in [-0.39, 0.29) is 11.2 Å². The summed E-state index contributed by atoms with van der Waals surface area (Å²) in [6, 6.07) is 9.62. The first kappa shape index (κ1) is 25.0. The van der Waals surface area contributed by atoms with Crippen LogP contribution in [-0.4, -0.2) is 44.9 Å². The summed E-state index contributed by atoms with van der Waals surface area (Å²) >= 11 is 0. The number of aryl methyl sites for hydroxylation is 1. The highest BCUT2D eigenvalue weighted by atomic mass is 16.5. The van der Waals surface area contributed by atoms with Crippen LogP contribution in [0.3, 0.4) is 0 Å². The number of nitrogens with zero attached hydrogens (tertiary/aromatic N) is 4. The molecule has 0 radical (unpaired) electrons. The van der Waals surface area contributed by atoms with Crippen LogP contribution in [0.4, 0.5) is 5.82 Å². The Morgan fingerprint density at radius 1 is 0.972 bits per heavy atom. The van der Waals surface area contributed by atoms with Gasteiger partial charge in [-0.2, -0.15) is 0 Å². The zero-order chi connectivity index (χ0) is 25.7. The third kappa shape index (κ3) is 4.98. The first-order valence-corrected chi connectivity index (χ1v) is 12.1. The van der Waals surface area contributed by atoms with Crippen molar-refractivity contribution in [3.8, 4) is 22.9 Å². The third-order valence-corrected chi connectivity index (χ3v) is 5.96. The SMILES string of the molecule is CCCn1c(=O)c2[nH]c(-c3ccc(NCCc4ccc(OC)c(OC)c4)nc3)nc2n(CCC)c1=O. The molecule has 0 aliphatic carbocycles. The van der Waals surface area contributed by atoms with Gasteiger partial charge in [-0.25, -0.2) is 14.8 Å². The summed E-state index contributed by atoms with van der Waals surface area (Å²) < 4.78 is 13.5. The van der Waals surface area contributed by atoms with Crippen LogP contribution in [0, 0.1) is 0 Å². The van der Waals surface area contributed by atoms with E-state index in [1.807, 2.05) is 44.2 Å². The molecule has 190 valence electrons. The molecule has 0 unspecified atom stereocenters. The van der Waals surface area contributed by atoms with Crippen LogP contribution in [0.2, 0.25) is 0 Å². The Bertz CT molecular complexity index is 1450. The molecule has 0 aliphatic heterocycles. The molecule has 10 nitrogen and oxygen atoms in total. The Balaban J connectivity index is 1.52. The number of ether oxygens (including phenoxy) is 2. The zero-order valence-corrected chi connectivity index (χ0v) is 21.1. The lowest BCUT2D eigenvalue weighted by Crippen LogP contribution is -2.40. The second kappa shape index (κ2) is 11.1. The maximum Gasteiger partial charge on any atom is 0.332 e. The van der Waals surface area contributed by atoms with E-state index in [4.69, 9.17) is 9.47 Å². The summed E-state index contributed by atoms with van der Waals surface area (Å²) in [4.78, 5) is 38.0. The summed E-state index contributed by atoms with van der Waals surface area (Å²) in [5.41, 5.74) is 1.90. The average Bonchev–Trinajstić information content (AvgIpc) is 3.35. The number of hydrogen-bond acceptors (Lipinski definition) is 7. The summed E-state index contributed by atoms with van der Waals surface area (Å²) in [6.45, 7) is 5.48. The quantitative estimate of drug-likeness (QED) is 0.329. The van der Waals surface area contributed by atoms with Gasteiger partial charge in [-0.05, 0) is 49.1 Å². The second-order valence-electron chi connectivity index (χ2n) is 8.47. The Morgan fingerprint density at radius 3 is 2.39 bits per heavy atom. The molecule has 36 heavy (non-hydrogen) atoms. The predicted octanol–water partition coefficient (Wildman–Crippen LogP) is 3.44. The number of pyridine rings is 1. The summed E-state index contributed by atoms with van der Waals surface area (Å²) in [7, 11) is 3.24. The fourth-order valence-corrected chi connectivity index (χ4v) is 4.16. The fraction of sp³-hybridized carbons (Fsp3) is 0.385. The molecule has 0 saturated heterocycles. The third-order valence-electron chi connectivity index (χ3n) is 5.96. The van der Waals surface area contributed by atoms with Crippen LogP contribution in [0.15, 0.2) is 46.1 Å². The lowest BCUT2D eigenvalue weighted by Gasteiger charge is -2.10. The van der Waals surface area contributed by atoms with E-state index in [1.165, 1.54) is 4.57 Å². The number of imidazole rings is 1. The Morgan fingerprint density at radius 2 is 1.72 bits per heavy atom. The number of aromatic nitrogens is 5. The number of aromatic amines is 1. The van der Waals surface area contributed by atoms with E-state index < -0.39 is 0 Å². The largest absolute Gasteiger partial charge is 0.493 e. The maximum atomic E-state index is 12.9. The van der Waals surface area contributed by atoms with Crippen molar-refractivity contribution in [2.75, 3.05) is 26.1 Å². The van der Waals surface area contributed by atoms with Crippen molar-refractivity contribution >= 4 is 17.0 Å². The molecule has 0 spiro atoms. The van der Waals surface area contributed by atoms with Gasteiger partial charge >= 0.3 is 5.69 Å². The molecule has 0 bridgehead atoms. The Labute approximate surface area is 208 Å². The van der Waals surface area contributed by atoms with Crippen molar-refractivity contribution in [3.63, 3.8) is 0 Å². The summed E-state index contributed by atoms with van der Waals surface area (Å²) in [5.74, 6) is 2.63. The second-order valence-corrected chi connectivity index (χ2v) is 8.47. The molecule has 0 saturated carbocycles. The van der Waals surface area contributed by atoms with Crippen LogP contribution < -0.4 is 26.0 Å². The molecule has 0 aliphatic rings. The molecular weight excluding hydrogens is 460 g/mol. The molecule has 4 aromatic rings. The first-order chi connectivity index (χ1) is 17.5. The molecule has 0 fully saturated rings. The molecule has 2 N–H and O–H groups in total. The number of methoxy groups -OCH3 is 2. The minimum atomic E-state index is -0.343. The lowest BCUT2D eigenvalue weighted by molar-refractivity contribution is 0.354. The Hall–Kier alpha value is -4.08. The molecule has 1 aromatic carbocycles. The number of H-pyrrole nitrogens is 1. The van der Waals surface area contributed by atoms with Gasteiger partial charge in [0.1, 0.15) is 17.2 Å². The van der Waals surface area contributed by atoms with E-state index in [9.17, 15) is 9.59 Å². The van der Waals surface area contributed by atoms with Crippen molar-refractivity contribution in [2.45, 2.75) is 46.2 Å². The first-order valence-electron chi connectivity index (χ1n) is 12.1. The molecule has 3 aromatic heterocycles. The van der Waals surface area contributed by atoms with E-state index in [0.717, 1.165) is 29.8 Å². The molecule has 10 heteroatoms. The van der Waals surface area contributed by atoms with Gasteiger partial charge in [-0.15, -0.1) is 0 Å². The van der Waals surface area contributed by atoms with Gasteiger partial charge in [-0.3, -0.25) is 13.9 Å². The van der Waals surface area contributed by atoms with Crippen LogP contribution >= 0.6 is 0 Å². The zero-order valence-electron chi connectivity index (χ0n) is 21.1. The van der Waals surface area contributed by atoms with E-state index in [0.29, 0.717) is 54.5 Å². The van der Waals surface area contributed by atoms with Crippen molar-refractivity contribution < 1.29 is 9.47 Å². The van der Waals surface area contributed by atoms with Crippen LogP contribution in [0.25, 0.3) is 22.6 Å². The number of anilines is 1. The number of nitrogens with one attached hydrogen (secondary N) is 2. The van der Waals surface area contributed by atoms with E-state index in [2.05, 4.69) is 20.3 Å². The molecule has 4 rings (SSSR count). The van der Waals surface area contributed by atoms with Crippen LogP contribution in [0.1, 0.15) is 32.3 Å². The van der Waals surface area contributed by atoms with Crippen molar-refractivity contribution in [3.05, 3.63) is 62.9 Å². The number of hydrogen-bond donors (Lipinski definition) is 2. The maximum absolute atomic E-state index is 12.9. The van der Waals surface area contributed by atoms with Gasteiger partial charge in [0.15, 0.2) is 17.1 Å². The Kier molecular flexibility index (Phi) is 7.72. The van der Waals surface area contributed by atoms with Gasteiger partial charge in [0, 0.05) is 31.4 Å². The standard InChI is InChI=1S/C26H32N6O4/c1-5-13-31-24-22(25(33)32(14-6-2)26(31)34)29-23(30-24)18-8-10-21(28-16-18)27-12-11-17-7-9-19(35-3)20(15-17)36-4/h7-10,15-16H,5-6,11-14H2,1-4H3,(H,27,28)(H,29,30). The minimum Gasteiger partial charge on any atom is -0.493 e. The normalized spacial score (nSPS) is 11.1.